The molecule has 1 saturated heterocycles. The van der Waals surface area contributed by atoms with Gasteiger partial charge < -0.3 is 20.3 Å². The number of benzene rings is 1. The topological polar surface area (TPSA) is 150 Å². The van der Waals surface area contributed by atoms with Gasteiger partial charge in [0.2, 0.25) is 0 Å². The molecule has 202 valence electrons. The van der Waals surface area contributed by atoms with E-state index in [0.717, 1.165) is 41.4 Å². The Labute approximate surface area is 228 Å². The summed E-state index contributed by atoms with van der Waals surface area (Å²) in [5.41, 5.74) is 6.99. The van der Waals surface area contributed by atoms with E-state index in [4.69, 9.17) is 15.9 Å². The van der Waals surface area contributed by atoms with E-state index in [1.54, 1.807) is 31.2 Å². The van der Waals surface area contributed by atoms with Crippen molar-refractivity contribution in [3.63, 3.8) is 0 Å². The van der Waals surface area contributed by atoms with E-state index in [1.165, 1.54) is 20.5 Å². The molecule has 1 fully saturated rings. The van der Waals surface area contributed by atoms with Crippen molar-refractivity contribution < 1.29 is 22.7 Å². The molecule has 14 heteroatoms. The maximum Gasteiger partial charge on any atom is 0.330 e. The van der Waals surface area contributed by atoms with Crippen molar-refractivity contribution in [2.75, 3.05) is 39.8 Å². The summed E-state index contributed by atoms with van der Waals surface area (Å²) >= 11 is 2.40. The van der Waals surface area contributed by atoms with Gasteiger partial charge in [0.05, 0.1) is 12.3 Å². The van der Waals surface area contributed by atoms with Crippen molar-refractivity contribution in [1.82, 2.24) is 19.1 Å². The van der Waals surface area contributed by atoms with Gasteiger partial charge in [0, 0.05) is 54.3 Å². The summed E-state index contributed by atoms with van der Waals surface area (Å²) in [6, 6.07) is 5.57. The van der Waals surface area contributed by atoms with E-state index >= 15 is 0 Å². The summed E-state index contributed by atoms with van der Waals surface area (Å²) in [5.74, 6) is -1.14. The summed E-state index contributed by atoms with van der Waals surface area (Å²) in [6.45, 7) is 3.20. The number of hydrogen-bond donors (Lipinski definition) is 2. The van der Waals surface area contributed by atoms with Gasteiger partial charge in [-0.15, -0.1) is 22.7 Å². The second-order valence-electron chi connectivity index (χ2n) is 9.24. The Morgan fingerprint density at radius 3 is 2.74 bits per heavy atom. The molecule has 4 heterocycles. The van der Waals surface area contributed by atoms with Crippen LogP contribution in [-0.2, 0) is 32.5 Å². The fraction of sp³-hybridized carbons (Fsp3) is 0.417. The number of carbonyl (C=O) groups excluding carboxylic acids is 2. The van der Waals surface area contributed by atoms with Gasteiger partial charge in [-0.1, -0.05) is 12.1 Å². The highest BCUT2D eigenvalue weighted by atomic mass is 32.2. The number of ether oxygens (including phenoxy) is 1. The quantitative estimate of drug-likeness (QED) is 0.256. The number of sulfonamides is 1. The monoisotopic (exact) mass is 576 g/mol. The van der Waals surface area contributed by atoms with Gasteiger partial charge in [-0.3, -0.25) is 10.2 Å². The third-order valence-corrected chi connectivity index (χ3v) is 11.2. The van der Waals surface area contributed by atoms with E-state index < -0.39 is 22.0 Å². The van der Waals surface area contributed by atoms with Crippen molar-refractivity contribution in [2.45, 2.75) is 30.1 Å². The number of nitrogens with two attached hydrogens (primary N) is 1. The molecule has 3 aromatic rings. The first-order valence-electron chi connectivity index (χ1n) is 12.1. The van der Waals surface area contributed by atoms with Gasteiger partial charge in [-0.05, 0) is 31.5 Å². The van der Waals surface area contributed by atoms with Crippen molar-refractivity contribution >= 4 is 60.5 Å². The maximum atomic E-state index is 13.6. The fourth-order valence-electron chi connectivity index (χ4n) is 4.63. The van der Waals surface area contributed by atoms with Gasteiger partial charge >= 0.3 is 5.97 Å². The molecule has 11 nitrogen and oxygen atoms in total. The summed E-state index contributed by atoms with van der Waals surface area (Å²) in [7, 11) is -1.94. The summed E-state index contributed by atoms with van der Waals surface area (Å²) in [6.07, 6.45) is 0.756. The number of piperazine rings is 1. The van der Waals surface area contributed by atoms with Crippen LogP contribution >= 0.6 is 22.7 Å². The molecule has 1 aromatic carbocycles. The third-order valence-electron chi connectivity index (χ3n) is 6.67. The minimum absolute atomic E-state index is 0.0325. The Morgan fingerprint density at radius 1 is 1.21 bits per heavy atom. The number of amides is 1. The lowest BCUT2D eigenvalue weighted by Crippen LogP contribution is -2.59. The number of thiazole rings is 1. The zero-order chi connectivity index (χ0) is 27.2. The van der Waals surface area contributed by atoms with Gasteiger partial charge in [0.25, 0.3) is 15.9 Å². The standard InChI is InChI=1S/C24H28N6O5S3/c1-3-35-24(32)17-12-29(38(33,34)20-11-14-4-5-15(21(25)26)10-18(14)36-20)8-9-30(17)23(31)22-27-16-6-7-28(2)13-19(16)37-22/h4-5,10-11,17H,3,6-9,12-13H2,1-2H3,(H3,25,26). The molecule has 2 aliphatic heterocycles. The number of hydrogen-bond acceptors (Lipinski definition) is 10. The largest absolute Gasteiger partial charge is 0.464 e. The molecule has 0 radical (unpaired) electrons. The number of thiophene rings is 1. The Hall–Kier alpha value is -2.91. The van der Waals surface area contributed by atoms with Gasteiger partial charge in [-0.25, -0.2) is 18.2 Å². The smallest absolute Gasteiger partial charge is 0.330 e. The van der Waals surface area contributed by atoms with E-state index in [-0.39, 0.29) is 42.2 Å². The maximum absolute atomic E-state index is 13.6. The minimum Gasteiger partial charge on any atom is -0.464 e. The van der Waals surface area contributed by atoms with Gasteiger partial charge in [0.15, 0.2) is 5.01 Å². The summed E-state index contributed by atoms with van der Waals surface area (Å²) in [5, 5.41) is 8.66. The molecule has 38 heavy (non-hydrogen) atoms. The molecule has 5 rings (SSSR count). The van der Waals surface area contributed by atoms with Crippen LogP contribution in [0.5, 0.6) is 0 Å². The Morgan fingerprint density at radius 2 is 2.00 bits per heavy atom. The van der Waals surface area contributed by atoms with Crippen LogP contribution in [0.2, 0.25) is 0 Å². The Kier molecular flexibility index (Phi) is 7.26. The summed E-state index contributed by atoms with van der Waals surface area (Å²) < 4.78 is 34.5. The lowest BCUT2D eigenvalue weighted by molar-refractivity contribution is -0.149. The molecule has 3 N–H and O–H groups in total. The van der Waals surface area contributed by atoms with Crippen LogP contribution in [0.4, 0.5) is 0 Å². The highest BCUT2D eigenvalue weighted by Gasteiger charge is 2.42. The molecule has 1 atom stereocenters. The summed E-state index contributed by atoms with van der Waals surface area (Å²) in [4.78, 5) is 35.6. The highest BCUT2D eigenvalue weighted by Crippen LogP contribution is 2.33. The SMILES string of the molecule is CCOC(=O)C1CN(S(=O)(=O)c2cc3ccc(C(=N)N)cc3s2)CCN1C(=O)c1nc2c(s1)CN(C)CC2. The van der Waals surface area contributed by atoms with Crippen molar-refractivity contribution in [3.05, 3.63) is 45.4 Å². The molecular weight excluding hydrogens is 549 g/mol. The fourth-order valence-corrected chi connectivity index (χ4v) is 8.80. The molecular formula is C24H28N6O5S3. The lowest BCUT2D eigenvalue weighted by Gasteiger charge is -2.38. The van der Waals surface area contributed by atoms with Crippen LogP contribution in [0.1, 0.15) is 32.9 Å². The van der Waals surface area contributed by atoms with E-state index in [1.807, 2.05) is 7.05 Å². The number of nitrogens with one attached hydrogen (secondary N) is 1. The van der Waals surface area contributed by atoms with Crippen LogP contribution in [0.15, 0.2) is 28.5 Å². The number of amidine groups is 1. The number of carbonyl (C=O) groups is 2. The van der Waals surface area contributed by atoms with Crippen molar-refractivity contribution in [1.29, 1.82) is 5.41 Å². The first kappa shape index (κ1) is 26.7. The van der Waals surface area contributed by atoms with Gasteiger partial charge in [0.1, 0.15) is 16.1 Å². The van der Waals surface area contributed by atoms with E-state index in [0.29, 0.717) is 20.7 Å². The van der Waals surface area contributed by atoms with Crippen LogP contribution in [0, 0.1) is 5.41 Å². The predicted molar refractivity (Wildman–Crippen MR) is 145 cm³/mol. The predicted octanol–water partition coefficient (Wildman–Crippen LogP) is 1.71. The van der Waals surface area contributed by atoms with Crippen LogP contribution in [0.25, 0.3) is 10.1 Å². The zero-order valence-corrected chi connectivity index (χ0v) is 23.4. The Bertz CT molecular complexity index is 1530. The Balaban J connectivity index is 1.41. The highest BCUT2D eigenvalue weighted by molar-refractivity contribution is 7.91. The van der Waals surface area contributed by atoms with Gasteiger partial charge in [-0.2, -0.15) is 4.31 Å². The molecule has 1 unspecified atom stereocenters. The van der Waals surface area contributed by atoms with E-state index in [2.05, 4.69) is 9.88 Å². The lowest BCUT2D eigenvalue weighted by atomic mass is 10.2. The van der Waals surface area contributed by atoms with Crippen LogP contribution < -0.4 is 5.73 Å². The molecule has 0 bridgehead atoms. The average Bonchev–Trinajstić information content (AvgIpc) is 3.52. The number of rotatable bonds is 6. The van der Waals surface area contributed by atoms with Crippen molar-refractivity contribution in [2.24, 2.45) is 5.73 Å². The van der Waals surface area contributed by atoms with Crippen LogP contribution in [-0.4, -0.2) is 91.1 Å². The average molecular weight is 577 g/mol. The number of aromatic nitrogens is 1. The third kappa shape index (κ3) is 4.94. The van der Waals surface area contributed by atoms with Crippen molar-refractivity contribution in [3.8, 4) is 0 Å². The normalized spacial score (nSPS) is 18.9. The number of likely N-dealkylation sites (N-methyl/N-ethyl adjacent to an activating group) is 1. The molecule has 2 aromatic heterocycles. The molecule has 0 saturated carbocycles. The number of nitrogen functional groups attached to an aromatic ring is 1. The van der Waals surface area contributed by atoms with E-state index in [9.17, 15) is 18.0 Å². The number of esters is 1. The van der Waals surface area contributed by atoms with Crippen LogP contribution in [0.3, 0.4) is 0 Å². The minimum atomic E-state index is -3.96. The molecule has 2 aliphatic rings. The molecule has 0 aliphatic carbocycles. The molecule has 0 spiro atoms. The number of nitrogens with zero attached hydrogens (tertiary/aromatic N) is 4. The first-order valence-corrected chi connectivity index (χ1v) is 15.2. The first-order chi connectivity index (χ1) is 18.1. The number of fused-ring (bicyclic) bond motifs is 2. The second kappa shape index (κ2) is 10.3. The zero-order valence-electron chi connectivity index (χ0n) is 21.0. The second-order valence-corrected chi connectivity index (χ2v) is 13.6. The molecule has 1 amide bonds.